The fraction of sp³-hybridized carbons (Fsp3) is 0.219. The molecule has 13 nitrogen and oxygen atoms in total. The van der Waals surface area contributed by atoms with Crippen LogP contribution in [-0.2, 0) is 24.8 Å². The number of nitrogens with one attached hydrogen (secondary N) is 2. The van der Waals surface area contributed by atoms with Gasteiger partial charge in [-0.2, -0.15) is 0 Å². The van der Waals surface area contributed by atoms with Crippen molar-refractivity contribution in [3.63, 3.8) is 0 Å². The number of hydrogen-bond donors (Lipinski definition) is 2. The van der Waals surface area contributed by atoms with Gasteiger partial charge < -0.3 is 29.0 Å². The number of hydrogen-bond acceptors (Lipinski definition) is 10. The zero-order valence-corrected chi connectivity index (χ0v) is 28.2. The van der Waals surface area contributed by atoms with Gasteiger partial charge >= 0.3 is 0 Å². The Labute approximate surface area is 274 Å². The molecule has 4 aromatic carbocycles. The summed E-state index contributed by atoms with van der Waals surface area (Å²) >= 11 is 0. The summed E-state index contributed by atoms with van der Waals surface area (Å²) in [5.74, 6) is 0.590. The monoisotopic (exact) mass is 685 g/mol. The molecule has 1 amide bonds. The normalized spacial score (nSPS) is 11.3. The number of anilines is 3. The van der Waals surface area contributed by atoms with Crippen molar-refractivity contribution in [3.8, 4) is 28.7 Å². The predicted molar refractivity (Wildman–Crippen MR) is 177 cm³/mol. The summed E-state index contributed by atoms with van der Waals surface area (Å²) in [7, 11) is -1.42. The number of nitrogens with zero attached hydrogens (tertiary/aromatic N) is 1. The maximum atomic E-state index is 14.1. The molecule has 4 aromatic rings. The van der Waals surface area contributed by atoms with Crippen LogP contribution in [0.1, 0.15) is 5.56 Å². The van der Waals surface area contributed by atoms with Crippen molar-refractivity contribution in [3.05, 3.63) is 84.4 Å². The van der Waals surface area contributed by atoms with Gasteiger partial charge in [-0.25, -0.2) is 16.8 Å². The number of methoxy groups -OCH3 is 5. The number of rotatable bonds is 14. The van der Waals surface area contributed by atoms with Crippen LogP contribution in [0.2, 0.25) is 0 Å². The van der Waals surface area contributed by atoms with Crippen LogP contribution in [0.3, 0.4) is 0 Å². The highest BCUT2D eigenvalue weighted by Crippen LogP contribution is 2.37. The first-order valence-electron chi connectivity index (χ1n) is 13.9. The SMILES string of the molecule is COc1ccc(OC)c(N(CC(=O)Nc2ccc(S(=O)(=O)Nc3cc(C)ccc3OC)cc2)S(=O)(=O)c2ccc(OC)c(OC)c2)c1. The molecule has 0 aliphatic heterocycles. The van der Waals surface area contributed by atoms with Gasteiger partial charge in [0.25, 0.3) is 20.0 Å². The lowest BCUT2D eigenvalue weighted by Crippen LogP contribution is -2.38. The first-order chi connectivity index (χ1) is 22.4. The van der Waals surface area contributed by atoms with Crippen LogP contribution in [0.5, 0.6) is 28.7 Å². The molecule has 0 atom stereocenters. The van der Waals surface area contributed by atoms with E-state index in [9.17, 15) is 21.6 Å². The van der Waals surface area contributed by atoms with E-state index in [-0.39, 0.29) is 38.4 Å². The molecule has 4 rings (SSSR count). The fourth-order valence-corrected chi connectivity index (χ4v) is 7.05. The summed E-state index contributed by atoms with van der Waals surface area (Å²) < 4.78 is 84.3. The first-order valence-corrected chi connectivity index (χ1v) is 16.8. The first kappa shape index (κ1) is 34.7. The molecule has 0 saturated carbocycles. The van der Waals surface area contributed by atoms with Crippen LogP contribution in [0.15, 0.2) is 88.7 Å². The van der Waals surface area contributed by atoms with Gasteiger partial charge in [0.15, 0.2) is 11.5 Å². The molecular weight excluding hydrogens is 650 g/mol. The summed E-state index contributed by atoms with van der Waals surface area (Å²) in [4.78, 5) is 13.1. The average Bonchev–Trinajstić information content (AvgIpc) is 3.06. The van der Waals surface area contributed by atoms with Gasteiger partial charge in [0, 0.05) is 17.8 Å². The van der Waals surface area contributed by atoms with Gasteiger partial charge in [0.05, 0.1) is 56.7 Å². The molecule has 0 spiro atoms. The van der Waals surface area contributed by atoms with E-state index in [0.717, 1.165) is 9.87 Å². The van der Waals surface area contributed by atoms with E-state index in [2.05, 4.69) is 10.0 Å². The molecule has 0 unspecified atom stereocenters. The molecule has 47 heavy (non-hydrogen) atoms. The molecule has 15 heteroatoms. The van der Waals surface area contributed by atoms with Crippen molar-refractivity contribution in [2.45, 2.75) is 16.7 Å². The molecule has 0 heterocycles. The maximum Gasteiger partial charge on any atom is 0.265 e. The second-order valence-corrected chi connectivity index (χ2v) is 13.5. The van der Waals surface area contributed by atoms with Crippen LogP contribution in [0.25, 0.3) is 0 Å². The zero-order valence-electron chi connectivity index (χ0n) is 26.6. The van der Waals surface area contributed by atoms with Gasteiger partial charge in [-0.1, -0.05) is 6.07 Å². The van der Waals surface area contributed by atoms with Gasteiger partial charge in [0.1, 0.15) is 23.8 Å². The van der Waals surface area contributed by atoms with Crippen molar-refractivity contribution >= 4 is 43.0 Å². The Bertz CT molecular complexity index is 1970. The Morgan fingerprint density at radius 3 is 1.87 bits per heavy atom. The second-order valence-electron chi connectivity index (χ2n) is 9.95. The summed E-state index contributed by atoms with van der Waals surface area (Å²) in [5.41, 5.74) is 1.36. The molecule has 2 N–H and O–H groups in total. The Hall–Kier alpha value is -5.15. The minimum Gasteiger partial charge on any atom is -0.497 e. The Kier molecular flexibility index (Phi) is 10.7. The lowest BCUT2D eigenvalue weighted by molar-refractivity contribution is -0.114. The Morgan fingerprint density at radius 2 is 1.26 bits per heavy atom. The molecule has 0 fully saturated rings. The van der Waals surface area contributed by atoms with Crippen molar-refractivity contribution in [2.75, 3.05) is 56.4 Å². The lowest BCUT2D eigenvalue weighted by Gasteiger charge is -2.26. The second kappa shape index (κ2) is 14.5. The van der Waals surface area contributed by atoms with Gasteiger partial charge in [-0.05, 0) is 73.2 Å². The smallest absolute Gasteiger partial charge is 0.265 e. The molecule has 0 saturated heterocycles. The third-order valence-corrected chi connectivity index (χ3v) is 10.1. The predicted octanol–water partition coefficient (Wildman–Crippen LogP) is 4.67. The zero-order chi connectivity index (χ0) is 34.4. The number of amides is 1. The molecule has 0 aromatic heterocycles. The molecule has 0 aliphatic rings. The number of sulfonamides is 2. The Balaban J connectivity index is 1.64. The average molecular weight is 686 g/mol. The van der Waals surface area contributed by atoms with Gasteiger partial charge in [-0.3, -0.25) is 13.8 Å². The lowest BCUT2D eigenvalue weighted by atomic mass is 10.2. The van der Waals surface area contributed by atoms with Gasteiger partial charge in [-0.15, -0.1) is 0 Å². The number of aryl methyl sites for hydroxylation is 1. The van der Waals surface area contributed by atoms with E-state index in [0.29, 0.717) is 17.2 Å². The van der Waals surface area contributed by atoms with Gasteiger partial charge in [0.2, 0.25) is 5.91 Å². The van der Waals surface area contributed by atoms with E-state index in [1.54, 1.807) is 24.3 Å². The number of ether oxygens (including phenoxy) is 5. The van der Waals surface area contributed by atoms with Crippen molar-refractivity contribution in [2.24, 2.45) is 0 Å². The topological polar surface area (TPSA) is 159 Å². The van der Waals surface area contributed by atoms with E-state index in [4.69, 9.17) is 23.7 Å². The van der Waals surface area contributed by atoms with Crippen LogP contribution in [0.4, 0.5) is 17.1 Å². The Morgan fingerprint density at radius 1 is 0.660 bits per heavy atom. The molecule has 250 valence electrons. The van der Waals surface area contributed by atoms with E-state index < -0.39 is 32.5 Å². The maximum absolute atomic E-state index is 14.1. The summed E-state index contributed by atoms with van der Waals surface area (Å²) in [6, 6.07) is 19.1. The summed E-state index contributed by atoms with van der Waals surface area (Å²) in [5, 5.41) is 2.63. The number of benzene rings is 4. The standard InChI is InChI=1S/C32H35N3O10S2/c1-21-7-14-28(42-3)26(17-21)34-46(37,38)24-11-8-22(9-12-24)33-32(36)20-35(27-18-23(41-2)10-15-29(27)43-4)47(39,40)25-13-16-30(44-5)31(19-25)45-6/h7-19,34H,20H2,1-6H3,(H,33,36). The number of carbonyl (C=O) groups excluding carboxylic acids is 1. The third kappa shape index (κ3) is 7.81. The van der Waals surface area contributed by atoms with Crippen LogP contribution < -0.4 is 38.0 Å². The summed E-state index contributed by atoms with van der Waals surface area (Å²) in [6.07, 6.45) is 0. The summed E-state index contributed by atoms with van der Waals surface area (Å²) in [6.45, 7) is 1.13. The quantitative estimate of drug-likeness (QED) is 0.191. The highest BCUT2D eigenvalue weighted by Gasteiger charge is 2.31. The van der Waals surface area contributed by atoms with E-state index in [1.165, 1.54) is 90.1 Å². The van der Waals surface area contributed by atoms with Crippen molar-refractivity contribution in [1.29, 1.82) is 0 Å². The van der Waals surface area contributed by atoms with E-state index in [1.807, 2.05) is 6.92 Å². The minimum atomic E-state index is -4.42. The molecule has 0 bridgehead atoms. The van der Waals surface area contributed by atoms with Crippen LogP contribution in [0, 0.1) is 6.92 Å². The van der Waals surface area contributed by atoms with Crippen molar-refractivity contribution < 1.29 is 45.3 Å². The number of carbonyl (C=O) groups is 1. The fourth-order valence-electron chi connectivity index (χ4n) is 4.55. The highest BCUT2D eigenvalue weighted by molar-refractivity contribution is 7.93. The largest absolute Gasteiger partial charge is 0.497 e. The van der Waals surface area contributed by atoms with Crippen molar-refractivity contribution in [1.82, 2.24) is 0 Å². The molecule has 0 radical (unpaired) electrons. The van der Waals surface area contributed by atoms with E-state index >= 15 is 0 Å². The minimum absolute atomic E-state index is 0.0378. The molecular formula is C32H35N3O10S2. The molecule has 0 aliphatic carbocycles. The highest BCUT2D eigenvalue weighted by atomic mass is 32.2. The van der Waals surface area contributed by atoms with Crippen LogP contribution in [-0.4, -0.2) is 64.8 Å². The third-order valence-electron chi connectivity index (χ3n) is 6.93. The van der Waals surface area contributed by atoms with Crippen LogP contribution >= 0.6 is 0 Å².